The van der Waals surface area contributed by atoms with Crippen molar-refractivity contribution in [3.63, 3.8) is 0 Å². The van der Waals surface area contributed by atoms with Crippen LogP contribution < -0.4 is 5.32 Å². The SMILES string of the molecule is Cc1cc(NCc2ccc(F)cc2)nn1-c1ccc(F)cc1F. The fourth-order valence-corrected chi connectivity index (χ4v) is 2.25. The lowest BCUT2D eigenvalue weighted by Crippen LogP contribution is -2.04. The van der Waals surface area contributed by atoms with Crippen molar-refractivity contribution in [3.05, 3.63) is 77.2 Å². The van der Waals surface area contributed by atoms with Crippen LogP contribution in [0.25, 0.3) is 5.69 Å². The summed E-state index contributed by atoms with van der Waals surface area (Å²) in [6, 6.07) is 11.2. The minimum atomic E-state index is -0.679. The van der Waals surface area contributed by atoms with Crippen LogP contribution in [-0.4, -0.2) is 9.78 Å². The van der Waals surface area contributed by atoms with E-state index in [1.807, 2.05) is 0 Å². The van der Waals surface area contributed by atoms with Crippen LogP contribution in [0.2, 0.25) is 0 Å². The smallest absolute Gasteiger partial charge is 0.151 e. The molecule has 0 bridgehead atoms. The van der Waals surface area contributed by atoms with Gasteiger partial charge in [0.2, 0.25) is 0 Å². The van der Waals surface area contributed by atoms with Crippen LogP contribution in [-0.2, 0) is 6.54 Å². The Labute approximate surface area is 131 Å². The van der Waals surface area contributed by atoms with Gasteiger partial charge in [-0.15, -0.1) is 0 Å². The van der Waals surface area contributed by atoms with Crippen molar-refractivity contribution in [3.8, 4) is 5.69 Å². The van der Waals surface area contributed by atoms with Crippen LogP contribution in [0.4, 0.5) is 19.0 Å². The minimum Gasteiger partial charge on any atom is -0.365 e. The Bertz CT molecular complexity index is 826. The molecule has 0 saturated heterocycles. The minimum absolute atomic E-state index is 0.179. The predicted molar refractivity (Wildman–Crippen MR) is 81.9 cm³/mol. The normalized spacial score (nSPS) is 10.8. The second-order valence-electron chi connectivity index (χ2n) is 5.16. The van der Waals surface area contributed by atoms with Crippen LogP contribution in [0.5, 0.6) is 0 Å². The maximum Gasteiger partial charge on any atom is 0.151 e. The number of anilines is 1. The molecule has 0 amide bonds. The summed E-state index contributed by atoms with van der Waals surface area (Å²) in [4.78, 5) is 0. The van der Waals surface area contributed by atoms with Crippen LogP contribution in [0.3, 0.4) is 0 Å². The second-order valence-corrected chi connectivity index (χ2v) is 5.16. The molecule has 1 N–H and O–H groups in total. The number of rotatable bonds is 4. The summed E-state index contributed by atoms with van der Waals surface area (Å²) in [5.41, 5.74) is 1.78. The van der Waals surface area contributed by atoms with E-state index < -0.39 is 11.6 Å². The third-order valence-electron chi connectivity index (χ3n) is 3.41. The molecule has 3 rings (SSSR count). The molecule has 1 aromatic heterocycles. The quantitative estimate of drug-likeness (QED) is 0.781. The molecule has 23 heavy (non-hydrogen) atoms. The van der Waals surface area contributed by atoms with Crippen molar-refractivity contribution in [1.82, 2.24) is 9.78 Å². The average molecular weight is 317 g/mol. The fraction of sp³-hybridized carbons (Fsp3) is 0.118. The third-order valence-corrected chi connectivity index (χ3v) is 3.41. The van der Waals surface area contributed by atoms with Crippen LogP contribution in [0, 0.1) is 24.4 Å². The molecule has 3 nitrogen and oxygen atoms in total. The number of halogens is 3. The molecule has 2 aromatic carbocycles. The number of aryl methyl sites for hydroxylation is 1. The molecule has 0 fully saturated rings. The van der Waals surface area contributed by atoms with Gasteiger partial charge in [0.25, 0.3) is 0 Å². The molecule has 6 heteroatoms. The highest BCUT2D eigenvalue weighted by Crippen LogP contribution is 2.19. The van der Waals surface area contributed by atoms with Gasteiger partial charge in [0.05, 0.1) is 0 Å². The molecule has 1 heterocycles. The van der Waals surface area contributed by atoms with Gasteiger partial charge in [-0.1, -0.05) is 12.1 Å². The molecule has 118 valence electrons. The number of nitrogens with one attached hydrogen (secondary N) is 1. The first-order chi connectivity index (χ1) is 11.0. The number of aromatic nitrogens is 2. The maximum absolute atomic E-state index is 13.9. The van der Waals surface area contributed by atoms with E-state index in [2.05, 4.69) is 10.4 Å². The van der Waals surface area contributed by atoms with Gasteiger partial charge in [0, 0.05) is 24.4 Å². The van der Waals surface area contributed by atoms with E-state index in [0.717, 1.165) is 11.6 Å². The average Bonchev–Trinajstić information content (AvgIpc) is 2.88. The number of nitrogens with zero attached hydrogens (tertiary/aromatic N) is 2. The fourth-order valence-electron chi connectivity index (χ4n) is 2.25. The van der Waals surface area contributed by atoms with Crippen molar-refractivity contribution in [2.24, 2.45) is 0 Å². The summed E-state index contributed by atoms with van der Waals surface area (Å²) < 4.78 is 41.1. The summed E-state index contributed by atoms with van der Waals surface area (Å²) in [5, 5.41) is 7.36. The molecule has 0 atom stereocenters. The van der Waals surface area contributed by atoms with Gasteiger partial charge in [-0.3, -0.25) is 0 Å². The Kier molecular flexibility index (Phi) is 4.06. The van der Waals surface area contributed by atoms with Gasteiger partial charge in [-0.05, 0) is 36.8 Å². The lowest BCUT2D eigenvalue weighted by atomic mass is 10.2. The van der Waals surface area contributed by atoms with E-state index in [9.17, 15) is 13.2 Å². The highest BCUT2D eigenvalue weighted by molar-refractivity contribution is 5.42. The summed E-state index contributed by atoms with van der Waals surface area (Å²) >= 11 is 0. The van der Waals surface area contributed by atoms with Gasteiger partial charge in [-0.2, -0.15) is 5.10 Å². The topological polar surface area (TPSA) is 29.9 Å². The molecular formula is C17H14F3N3. The van der Waals surface area contributed by atoms with Crippen LogP contribution in [0.1, 0.15) is 11.3 Å². The molecule has 0 unspecified atom stereocenters. The summed E-state index contributed by atoms with van der Waals surface area (Å²) in [6.07, 6.45) is 0. The van der Waals surface area contributed by atoms with Gasteiger partial charge in [-0.25, -0.2) is 17.9 Å². The van der Waals surface area contributed by atoms with E-state index in [1.165, 1.54) is 28.9 Å². The van der Waals surface area contributed by atoms with Gasteiger partial charge in [0.15, 0.2) is 5.82 Å². The van der Waals surface area contributed by atoms with Crippen molar-refractivity contribution in [2.45, 2.75) is 13.5 Å². The largest absolute Gasteiger partial charge is 0.365 e. The standard InChI is InChI=1S/C17H14F3N3/c1-11-8-17(21-10-12-2-4-13(18)5-3-12)22-23(11)16-7-6-14(19)9-15(16)20/h2-9H,10H2,1H3,(H,21,22). The first-order valence-corrected chi connectivity index (χ1v) is 7.03. The zero-order chi connectivity index (χ0) is 16.4. The highest BCUT2D eigenvalue weighted by Gasteiger charge is 2.11. The maximum atomic E-state index is 13.9. The number of hydrogen-bond donors (Lipinski definition) is 1. The summed E-state index contributed by atoms with van der Waals surface area (Å²) in [7, 11) is 0. The molecule has 0 aliphatic heterocycles. The lowest BCUT2D eigenvalue weighted by molar-refractivity contribution is 0.572. The molecule has 0 radical (unpaired) electrons. The van der Waals surface area contributed by atoms with Crippen LogP contribution >= 0.6 is 0 Å². The Morgan fingerprint density at radius 3 is 2.35 bits per heavy atom. The molecule has 0 aliphatic carbocycles. The Morgan fingerprint density at radius 1 is 0.957 bits per heavy atom. The molecular weight excluding hydrogens is 303 g/mol. The van der Waals surface area contributed by atoms with E-state index in [-0.39, 0.29) is 11.5 Å². The van der Waals surface area contributed by atoms with Crippen molar-refractivity contribution >= 4 is 5.82 Å². The number of benzene rings is 2. The molecule has 3 aromatic rings. The first-order valence-electron chi connectivity index (χ1n) is 7.03. The van der Waals surface area contributed by atoms with Crippen molar-refractivity contribution in [1.29, 1.82) is 0 Å². The van der Waals surface area contributed by atoms with Crippen molar-refractivity contribution in [2.75, 3.05) is 5.32 Å². The van der Waals surface area contributed by atoms with E-state index in [4.69, 9.17) is 0 Å². The molecule has 0 aliphatic rings. The highest BCUT2D eigenvalue weighted by atomic mass is 19.1. The zero-order valence-electron chi connectivity index (χ0n) is 12.4. The van der Waals surface area contributed by atoms with Gasteiger partial charge in [0.1, 0.15) is 23.1 Å². The molecule has 0 saturated carbocycles. The van der Waals surface area contributed by atoms with E-state index in [0.29, 0.717) is 18.1 Å². The Balaban J connectivity index is 1.79. The van der Waals surface area contributed by atoms with Crippen molar-refractivity contribution < 1.29 is 13.2 Å². The third kappa shape index (κ3) is 3.36. The van der Waals surface area contributed by atoms with Gasteiger partial charge >= 0.3 is 0 Å². The second kappa shape index (κ2) is 6.16. The van der Waals surface area contributed by atoms with E-state index >= 15 is 0 Å². The summed E-state index contributed by atoms with van der Waals surface area (Å²) in [6.45, 7) is 2.24. The predicted octanol–water partition coefficient (Wildman–Crippen LogP) is 4.21. The number of hydrogen-bond acceptors (Lipinski definition) is 2. The van der Waals surface area contributed by atoms with Crippen LogP contribution in [0.15, 0.2) is 48.5 Å². The zero-order valence-corrected chi connectivity index (χ0v) is 12.4. The summed E-state index contributed by atoms with van der Waals surface area (Å²) in [5.74, 6) is -1.05. The Morgan fingerprint density at radius 2 is 1.65 bits per heavy atom. The first kappa shape index (κ1) is 15.1. The monoisotopic (exact) mass is 317 g/mol. The lowest BCUT2D eigenvalue weighted by Gasteiger charge is -2.06. The Hall–Kier alpha value is -2.76. The van der Waals surface area contributed by atoms with E-state index in [1.54, 1.807) is 25.1 Å². The van der Waals surface area contributed by atoms with Gasteiger partial charge < -0.3 is 5.32 Å². The molecule has 0 spiro atoms.